The smallest absolute Gasteiger partial charge is 0.181 e. The van der Waals surface area contributed by atoms with Crippen LogP contribution in [0.1, 0.15) is 113 Å². The Hall–Kier alpha value is -0.860. The molecule has 41 heavy (non-hydrogen) atoms. The average Bonchev–Trinajstić information content (AvgIpc) is 3.53. The molecule has 3 N–H and O–H groups in total. The molecule has 0 amide bonds. The molecule has 234 valence electrons. The Morgan fingerprint density at radius 3 is 2.34 bits per heavy atom. The minimum atomic E-state index is -0.910. The summed E-state index contributed by atoms with van der Waals surface area (Å²) < 4.78 is 11.7. The number of hydrogen-bond acceptors (Lipinski definition) is 7. The van der Waals surface area contributed by atoms with Crippen molar-refractivity contribution in [1.29, 1.82) is 0 Å². The number of hydrogen-bond donors (Lipinski definition) is 3. The maximum Gasteiger partial charge on any atom is 0.181 e. The van der Waals surface area contributed by atoms with Crippen LogP contribution in [0.25, 0.3) is 0 Å². The molecule has 7 nitrogen and oxygen atoms in total. The molecule has 0 saturated heterocycles. The van der Waals surface area contributed by atoms with Crippen LogP contribution in [-0.4, -0.2) is 64.7 Å². The van der Waals surface area contributed by atoms with Crippen LogP contribution in [0.5, 0.6) is 0 Å². The zero-order chi connectivity index (χ0) is 30.2. The first kappa shape index (κ1) is 31.6. The molecule has 0 bridgehead atoms. The molecule has 11 atom stereocenters. The van der Waals surface area contributed by atoms with E-state index in [4.69, 9.17) is 9.47 Å². The van der Waals surface area contributed by atoms with Gasteiger partial charge in [-0.15, -0.1) is 0 Å². The largest absolute Gasteiger partial charge is 0.391 e. The van der Waals surface area contributed by atoms with Gasteiger partial charge in [-0.05, 0) is 105 Å². The van der Waals surface area contributed by atoms with E-state index in [2.05, 4.69) is 34.6 Å². The summed E-state index contributed by atoms with van der Waals surface area (Å²) in [6, 6.07) is 0. The Balaban J connectivity index is 1.38. The molecular formula is C34H56O7. The summed E-state index contributed by atoms with van der Waals surface area (Å²) in [7, 11) is 0. The Bertz CT molecular complexity index is 1020. The highest BCUT2D eigenvalue weighted by Crippen LogP contribution is 2.88. The molecule has 5 rings (SSSR count). The van der Waals surface area contributed by atoms with Crippen molar-refractivity contribution in [3.05, 3.63) is 0 Å². The summed E-state index contributed by atoms with van der Waals surface area (Å²) in [5.41, 5.74) is -1.24. The van der Waals surface area contributed by atoms with Gasteiger partial charge in [-0.2, -0.15) is 0 Å². The van der Waals surface area contributed by atoms with Crippen molar-refractivity contribution < 1.29 is 34.4 Å². The van der Waals surface area contributed by atoms with Gasteiger partial charge in [0.2, 0.25) is 0 Å². The third kappa shape index (κ3) is 4.45. The highest BCUT2D eigenvalue weighted by atomic mass is 16.7. The highest BCUT2D eigenvalue weighted by Gasteiger charge is 2.84. The predicted molar refractivity (Wildman–Crippen MR) is 156 cm³/mol. The van der Waals surface area contributed by atoms with Gasteiger partial charge in [0.1, 0.15) is 19.0 Å². The Kier molecular flexibility index (Phi) is 7.97. The van der Waals surface area contributed by atoms with E-state index in [-0.39, 0.29) is 64.5 Å². The van der Waals surface area contributed by atoms with E-state index >= 15 is 0 Å². The normalized spacial score (nSPS) is 46.1. The van der Waals surface area contributed by atoms with Crippen molar-refractivity contribution in [3.63, 3.8) is 0 Å². The number of Topliss-reactive ketones (excluding diaryl/α,β-unsaturated/α-hetero) is 1. The second-order valence-electron chi connectivity index (χ2n) is 16.4. The van der Waals surface area contributed by atoms with Gasteiger partial charge in [-0.25, -0.2) is 0 Å². The molecule has 5 aliphatic carbocycles. The first-order valence-electron chi connectivity index (χ1n) is 16.3. The molecule has 0 heterocycles. The molecular weight excluding hydrogens is 520 g/mol. The number of ketones is 1. The minimum absolute atomic E-state index is 0.0473. The lowest BCUT2D eigenvalue weighted by Gasteiger charge is -2.62. The number of aliphatic hydroxyl groups excluding tert-OH is 2. The van der Waals surface area contributed by atoms with E-state index in [1.54, 1.807) is 0 Å². The van der Waals surface area contributed by atoms with Crippen LogP contribution in [0.3, 0.4) is 0 Å². The average molecular weight is 577 g/mol. The van der Waals surface area contributed by atoms with Gasteiger partial charge in [0.15, 0.2) is 12.1 Å². The summed E-state index contributed by atoms with van der Waals surface area (Å²) in [4.78, 5) is 25.0. The molecule has 5 saturated carbocycles. The van der Waals surface area contributed by atoms with E-state index in [0.29, 0.717) is 12.2 Å². The molecule has 5 fully saturated rings. The molecule has 0 aromatic heterocycles. The van der Waals surface area contributed by atoms with Crippen LogP contribution in [0.4, 0.5) is 0 Å². The summed E-state index contributed by atoms with van der Waals surface area (Å²) in [5.74, 6) is 0.998. The van der Waals surface area contributed by atoms with Crippen molar-refractivity contribution in [1.82, 2.24) is 0 Å². The van der Waals surface area contributed by atoms with E-state index < -0.39 is 23.4 Å². The maximum atomic E-state index is 14.2. The predicted octanol–water partition coefficient (Wildman–Crippen LogP) is 5.07. The number of fused-ring (bicyclic) bond motifs is 2. The standard InChI is InChI=1S/C34H56O7/c1-21(9-8-13-29(2,3)39)26-27(37)28(38)32(7)23-11-10-22-30(4,5)24(41-25(19-36)40-18-17-35)12-14-33(22)20-34(23,33)16-15-31(26,32)6/h17,21-27,36-37,39H,8-16,18-20H2,1-7H3/t21-,22+,23+,24+,25+,26?,27+,31-,32-,33-,34+/m1/s1. The van der Waals surface area contributed by atoms with Crippen molar-refractivity contribution in [2.45, 2.75) is 137 Å². The number of ether oxygens (including phenoxy) is 2. The third-order valence-corrected chi connectivity index (χ3v) is 13.9. The van der Waals surface area contributed by atoms with Crippen molar-refractivity contribution in [3.8, 4) is 0 Å². The zero-order valence-corrected chi connectivity index (χ0v) is 26.6. The van der Waals surface area contributed by atoms with Gasteiger partial charge in [0, 0.05) is 11.3 Å². The monoisotopic (exact) mass is 576 g/mol. The molecule has 0 aromatic rings. The minimum Gasteiger partial charge on any atom is -0.391 e. The van der Waals surface area contributed by atoms with Crippen LogP contribution in [0, 0.1) is 50.7 Å². The molecule has 0 radical (unpaired) electrons. The third-order valence-electron chi connectivity index (χ3n) is 13.9. The summed E-state index contributed by atoms with van der Waals surface area (Å²) in [5, 5.41) is 31.6. The molecule has 5 aliphatic rings. The molecule has 0 aliphatic heterocycles. The fourth-order valence-electron chi connectivity index (χ4n) is 11.9. The van der Waals surface area contributed by atoms with Crippen LogP contribution < -0.4 is 0 Å². The summed E-state index contributed by atoms with van der Waals surface area (Å²) >= 11 is 0. The fourth-order valence-corrected chi connectivity index (χ4v) is 11.9. The highest BCUT2D eigenvalue weighted by molar-refractivity contribution is 5.93. The van der Waals surface area contributed by atoms with Gasteiger partial charge >= 0.3 is 0 Å². The van der Waals surface area contributed by atoms with E-state index in [0.717, 1.165) is 64.2 Å². The van der Waals surface area contributed by atoms with E-state index in [1.165, 1.54) is 0 Å². The lowest BCUT2D eigenvalue weighted by Crippen LogP contribution is -2.59. The SMILES string of the molecule is C[C@H](CCCC(C)(C)O)C1[C@H](O)C(=O)[C@@]2(C)[C@@H]3CC[C@H]4C(C)(C)[C@@H](O[C@@H](CO)OCC=O)CC[C@@]45C[C@@]35CC[C@]12C. The number of carbonyl (C=O) groups excluding carboxylic acids is 2. The van der Waals surface area contributed by atoms with Gasteiger partial charge in [0.25, 0.3) is 0 Å². The van der Waals surface area contributed by atoms with Crippen LogP contribution in [0.2, 0.25) is 0 Å². The zero-order valence-electron chi connectivity index (χ0n) is 26.6. The van der Waals surface area contributed by atoms with Gasteiger partial charge in [-0.1, -0.05) is 47.5 Å². The number of rotatable bonds is 11. The van der Waals surface area contributed by atoms with Crippen molar-refractivity contribution in [2.24, 2.45) is 50.7 Å². The molecule has 0 aromatic carbocycles. The second-order valence-corrected chi connectivity index (χ2v) is 16.4. The first-order valence-corrected chi connectivity index (χ1v) is 16.3. The lowest BCUT2D eigenvalue weighted by molar-refractivity contribution is -0.237. The number of aldehydes is 1. The maximum absolute atomic E-state index is 14.2. The quantitative estimate of drug-likeness (QED) is 0.232. The van der Waals surface area contributed by atoms with Gasteiger partial charge < -0.3 is 29.6 Å². The topological polar surface area (TPSA) is 113 Å². The van der Waals surface area contributed by atoms with Crippen molar-refractivity contribution >= 4 is 12.1 Å². The first-order chi connectivity index (χ1) is 19.1. The van der Waals surface area contributed by atoms with E-state index in [1.807, 2.05) is 13.8 Å². The number of carbonyl (C=O) groups is 2. The lowest BCUT2D eigenvalue weighted by atomic mass is 9.41. The summed E-state index contributed by atoms with van der Waals surface area (Å²) in [6.07, 6.45) is 8.67. The van der Waals surface area contributed by atoms with E-state index in [9.17, 15) is 24.9 Å². The van der Waals surface area contributed by atoms with Crippen molar-refractivity contribution in [2.75, 3.05) is 13.2 Å². The fraction of sp³-hybridized carbons (Fsp3) is 0.941. The van der Waals surface area contributed by atoms with Gasteiger partial charge in [-0.3, -0.25) is 4.79 Å². The molecule has 2 spiro atoms. The molecule has 1 unspecified atom stereocenters. The van der Waals surface area contributed by atoms with Crippen LogP contribution in [0.15, 0.2) is 0 Å². The Morgan fingerprint density at radius 1 is 1.05 bits per heavy atom. The van der Waals surface area contributed by atoms with Gasteiger partial charge in [0.05, 0.1) is 18.3 Å². The summed E-state index contributed by atoms with van der Waals surface area (Å²) in [6.45, 7) is 14.7. The Morgan fingerprint density at radius 2 is 1.71 bits per heavy atom. The Labute approximate surface area is 247 Å². The van der Waals surface area contributed by atoms with Crippen LogP contribution >= 0.6 is 0 Å². The number of aliphatic hydroxyl groups is 3. The second kappa shape index (κ2) is 10.4. The van der Waals surface area contributed by atoms with Crippen LogP contribution in [-0.2, 0) is 19.1 Å². The molecule has 7 heteroatoms.